The summed E-state index contributed by atoms with van der Waals surface area (Å²) in [5.41, 5.74) is -1.00. The fourth-order valence-electron chi connectivity index (χ4n) is 1.80. The molecule has 108 valence electrons. The summed E-state index contributed by atoms with van der Waals surface area (Å²) >= 11 is 5.71. The molecule has 0 aliphatic heterocycles. The third-order valence-electron chi connectivity index (χ3n) is 2.77. The van der Waals surface area contributed by atoms with Crippen molar-refractivity contribution in [3.05, 3.63) is 52.3 Å². The van der Waals surface area contributed by atoms with Gasteiger partial charge >= 0.3 is 0 Å². The van der Waals surface area contributed by atoms with Gasteiger partial charge in [-0.3, -0.25) is 0 Å². The minimum atomic E-state index is -2.24. The lowest BCUT2D eigenvalue weighted by Crippen LogP contribution is -2.04. The third-order valence-corrected chi connectivity index (χ3v) is 3.01. The van der Waals surface area contributed by atoms with Gasteiger partial charge in [0.2, 0.25) is 11.7 Å². The Morgan fingerprint density at radius 1 is 0.857 bits per heavy atom. The number of benzene rings is 2. The van der Waals surface area contributed by atoms with Crippen molar-refractivity contribution in [2.24, 2.45) is 0 Å². The fraction of sp³-hybridized carbons (Fsp3) is 0. The number of rotatable bonds is 1. The molecule has 1 heterocycles. The fourth-order valence-corrected chi connectivity index (χ4v) is 1.97. The van der Waals surface area contributed by atoms with Crippen molar-refractivity contribution in [1.29, 1.82) is 0 Å². The maximum absolute atomic E-state index is 13.6. The molecule has 0 N–H and O–H groups in total. The summed E-state index contributed by atoms with van der Waals surface area (Å²) in [5, 5.41) is 0.278. The lowest BCUT2D eigenvalue weighted by atomic mass is 10.1. The van der Waals surface area contributed by atoms with E-state index in [0.29, 0.717) is 0 Å². The predicted octanol–water partition coefficient (Wildman–Crippen LogP) is 4.84. The summed E-state index contributed by atoms with van der Waals surface area (Å²) in [7, 11) is 0. The summed E-state index contributed by atoms with van der Waals surface area (Å²) in [6, 6.07) is 4.12. The Morgan fingerprint density at radius 3 is 2.05 bits per heavy atom. The van der Waals surface area contributed by atoms with Gasteiger partial charge in [-0.15, -0.1) is 0 Å². The van der Waals surface area contributed by atoms with E-state index in [1.165, 1.54) is 18.2 Å². The van der Waals surface area contributed by atoms with Gasteiger partial charge in [0, 0.05) is 5.02 Å². The average molecular weight is 320 g/mol. The first-order valence-electron chi connectivity index (χ1n) is 5.48. The SMILES string of the molecule is Fc1c(F)c(F)c(-c2nc3cc(Cl)ccc3o2)c(F)c1F. The summed E-state index contributed by atoms with van der Waals surface area (Å²) in [6.45, 7) is 0. The van der Waals surface area contributed by atoms with Gasteiger partial charge in [0.05, 0.1) is 0 Å². The number of oxazole rings is 1. The van der Waals surface area contributed by atoms with E-state index >= 15 is 0 Å². The number of hydrogen-bond donors (Lipinski definition) is 0. The summed E-state index contributed by atoms with van der Waals surface area (Å²) in [5.74, 6) is -11.1. The first-order chi connectivity index (χ1) is 9.90. The molecule has 0 aliphatic rings. The van der Waals surface area contributed by atoms with E-state index < -0.39 is 40.5 Å². The smallest absolute Gasteiger partial charge is 0.233 e. The number of halogens is 6. The van der Waals surface area contributed by atoms with E-state index in [2.05, 4.69) is 4.98 Å². The normalized spacial score (nSPS) is 11.3. The van der Waals surface area contributed by atoms with Gasteiger partial charge in [-0.2, -0.15) is 0 Å². The van der Waals surface area contributed by atoms with Crippen LogP contribution in [0.1, 0.15) is 0 Å². The molecule has 3 rings (SSSR count). The molecule has 0 bridgehead atoms. The lowest BCUT2D eigenvalue weighted by molar-refractivity contribution is 0.379. The molecule has 2 aromatic carbocycles. The molecule has 2 nitrogen and oxygen atoms in total. The van der Waals surface area contributed by atoms with Crippen LogP contribution >= 0.6 is 11.6 Å². The summed E-state index contributed by atoms with van der Waals surface area (Å²) in [4.78, 5) is 3.69. The van der Waals surface area contributed by atoms with Gasteiger partial charge in [0.15, 0.2) is 28.9 Å². The number of nitrogens with zero attached hydrogens (tertiary/aromatic N) is 1. The minimum Gasteiger partial charge on any atom is -0.436 e. The number of aromatic nitrogens is 1. The minimum absolute atomic E-state index is 0.0957. The molecular weight excluding hydrogens is 317 g/mol. The summed E-state index contributed by atoms with van der Waals surface area (Å²) in [6.07, 6.45) is 0. The van der Waals surface area contributed by atoms with Crippen LogP contribution in [0.15, 0.2) is 22.6 Å². The van der Waals surface area contributed by atoms with E-state index in [1.807, 2.05) is 0 Å². The molecule has 0 fully saturated rings. The standard InChI is InChI=1S/C13H3ClF5NO/c14-4-1-2-6-5(3-4)20-13(21-6)7-8(15)10(17)12(19)11(18)9(7)16/h1-3H. The van der Waals surface area contributed by atoms with Crippen LogP contribution in [0.3, 0.4) is 0 Å². The molecule has 0 aliphatic carbocycles. The highest BCUT2D eigenvalue weighted by atomic mass is 35.5. The van der Waals surface area contributed by atoms with Gasteiger partial charge in [0.25, 0.3) is 0 Å². The molecule has 0 amide bonds. The van der Waals surface area contributed by atoms with E-state index in [0.717, 1.165) is 0 Å². The van der Waals surface area contributed by atoms with Crippen LogP contribution in [-0.2, 0) is 0 Å². The van der Waals surface area contributed by atoms with Crippen LogP contribution in [0.5, 0.6) is 0 Å². The van der Waals surface area contributed by atoms with Crippen molar-refractivity contribution in [2.45, 2.75) is 0 Å². The van der Waals surface area contributed by atoms with Gasteiger partial charge in [-0.25, -0.2) is 26.9 Å². The molecule has 21 heavy (non-hydrogen) atoms. The Morgan fingerprint density at radius 2 is 1.43 bits per heavy atom. The molecule has 0 saturated carbocycles. The highest BCUT2D eigenvalue weighted by Crippen LogP contribution is 2.33. The van der Waals surface area contributed by atoms with E-state index in [9.17, 15) is 22.0 Å². The van der Waals surface area contributed by atoms with Crippen LogP contribution in [0, 0.1) is 29.1 Å². The zero-order chi connectivity index (χ0) is 15.3. The second kappa shape index (κ2) is 4.70. The monoisotopic (exact) mass is 319 g/mol. The van der Waals surface area contributed by atoms with Gasteiger partial charge < -0.3 is 4.42 Å². The van der Waals surface area contributed by atoms with Crippen molar-refractivity contribution in [3.63, 3.8) is 0 Å². The van der Waals surface area contributed by atoms with Gasteiger partial charge in [-0.05, 0) is 18.2 Å². The van der Waals surface area contributed by atoms with Crippen molar-refractivity contribution < 1.29 is 26.4 Å². The number of fused-ring (bicyclic) bond motifs is 1. The van der Waals surface area contributed by atoms with E-state index in [4.69, 9.17) is 16.0 Å². The van der Waals surface area contributed by atoms with Gasteiger partial charge in [0.1, 0.15) is 11.1 Å². The Bertz CT molecular complexity index is 848. The first kappa shape index (κ1) is 13.8. The van der Waals surface area contributed by atoms with Crippen molar-refractivity contribution >= 4 is 22.7 Å². The second-order valence-corrected chi connectivity index (χ2v) is 4.51. The molecule has 0 atom stereocenters. The molecule has 1 aromatic heterocycles. The van der Waals surface area contributed by atoms with E-state index in [-0.39, 0.29) is 16.1 Å². The van der Waals surface area contributed by atoms with Crippen molar-refractivity contribution in [3.8, 4) is 11.5 Å². The molecular formula is C13H3ClF5NO. The van der Waals surface area contributed by atoms with Gasteiger partial charge in [-0.1, -0.05) is 11.6 Å². The van der Waals surface area contributed by atoms with E-state index in [1.54, 1.807) is 0 Å². The highest BCUT2D eigenvalue weighted by molar-refractivity contribution is 6.31. The van der Waals surface area contributed by atoms with Crippen LogP contribution < -0.4 is 0 Å². The highest BCUT2D eigenvalue weighted by Gasteiger charge is 2.29. The molecule has 3 aromatic rings. The van der Waals surface area contributed by atoms with Crippen LogP contribution in [0.4, 0.5) is 22.0 Å². The van der Waals surface area contributed by atoms with Crippen LogP contribution in [0.25, 0.3) is 22.6 Å². The second-order valence-electron chi connectivity index (χ2n) is 4.08. The Kier molecular flexibility index (Phi) is 3.09. The molecule has 0 saturated heterocycles. The maximum Gasteiger partial charge on any atom is 0.233 e. The molecule has 0 spiro atoms. The zero-order valence-corrected chi connectivity index (χ0v) is 10.6. The molecule has 0 unspecified atom stereocenters. The zero-order valence-electron chi connectivity index (χ0n) is 9.86. The average Bonchev–Trinajstić information content (AvgIpc) is 2.85. The quantitative estimate of drug-likeness (QED) is 0.364. The predicted molar refractivity (Wildman–Crippen MR) is 64.2 cm³/mol. The number of hydrogen-bond acceptors (Lipinski definition) is 2. The van der Waals surface area contributed by atoms with Crippen molar-refractivity contribution in [1.82, 2.24) is 4.98 Å². The van der Waals surface area contributed by atoms with Crippen LogP contribution in [-0.4, -0.2) is 4.98 Å². The Labute approximate surface area is 118 Å². The van der Waals surface area contributed by atoms with Crippen molar-refractivity contribution in [2.75, 3.05) is 0 Å². The maximum atomic E-state index is 13.6. The largest absolute Gasteiger partial charge is 0.436 e. The summed E-state index contributed by atoms with van der Waals surface area (Å²) < 4.78 is 71.6. The van der Waals surface area contributed by atoms with Crippen LogP contribution in [0.2, 0.25) is 5.02 Å². The molecule has 8 heteroatoms. The topological polar surface area (TPSA) is 26.0 Å². The third kappa shape index (κ3) is 2.04. The Balaban J connectivity index is 2.32. The Hall–Kier alpha value is -2.15. The first-order valence-corrected chi connectivity index (χ1v) is 5.86. The molecule has 0 radical (unpaired) electrons. The lowest BCUT2D eigenvalue weighted by Gasteiger charge is -2.04.